The topological polar surface area (TPSA) is 110 Å². The van der Waals surface area contributed by atoms with Gasteiger partial charge in [0.25, 0.3) is 5.56 Å². The Bertz CT molecular complexity index is 1440. The molecule has 0 aliphatic rings. The fraction of sp³-hybridized carbons (Fsp3) is 0.143. The normalized spacial score (nSPS) is 11.7. The monoisotopic (exact) mass is 442 g/mol. The predicted octanol–water partition coefficient (Wildman–Crippen LogP) is 2.80. The largest absolute Gasteiger partial charge is 0.416 e. The lowest BCUT2D eigenvalue weighted by Gasteiger charge is -2.14. The van der Waals surface area contributed by atoms with Gasteiger partial charge in [-0.25, -0.2) is 14.3 Å². The van der Waals surface area contributed by atoms with Crippen LogP contribution in [0.2, 0.25) is 0 Å². The van der Waals surface area contributed by atoms with Crippen LogP contribution in [0.25, 0.3) is 28.1 Å². The molecule has 0 saturated carbocycles. The molecule has 0 aliphatic carbocycles. The number of benzene rings is 2. The first-order valence-corrected chi connectivity index (χ1v) is 9.34. The lowest BCUT2D eigenvalue weighted by atomic mass is 10.2. The third-order valence-corrected chi connectivity index (χ3v) is 4.87. The maximum atomic E-state index is 13.1. The van der Waals surface area contributed by atoms with E-state index in [-0.39, 0.29) is 28.4 Å². The van der Waals surface area contributed by atoms with Crippen molar-refractivity contribution in [3.63, 3.8) is 0 Å². The van der Waals surface area contributed by atoms with E-state index >= 15 is 0 Å². The summed E-state index contributed by atoms with van der Waals surface area (Å²) in [6.07, 6.45) is -4.61. The zero-order valence-corrected chi connectivity index (χ0v) is 16.9. The van der Waals surface area contributed by atoms with Crippen LogP contribution in [0.15, 0.2) is 58.1 Å². The second-order valence-corrected chi connectivity index (χ2v) is 7.22. The first kappa shape index (κ1) is 21.1. The number of nitrogen functional groups attached to an aromatic ring is 1. The van der Waals surface area contributed by atoms with E-state index in [0.717, 1.165) is 28.5 Å². The van der Waals surface area contributed by atoms with E-state index in [1.165, 1.54) is 6.07 Å². The molecule has 164 valence electrons. The standard InChI is InChI=1S/C21H17F3N6O2/c1-29(2)13-8-6-11(7-9-13)18-26-15-16(19(31)28-18)27-20(32)30(17(15)25)14-5-3-4-12(10-14)21(22,23)24/h3-10H,25H2,1-2H3,(H,26,28,31). The van der Waals surface area contributed by atoms with Crippen LogP contribution in [0.3, 0.4) is 0 Å². The molecule has 0 radical (unpaired) electrons. The fourth-order valence-corrected chi connectivity index (χ4v) is 3.23. The number of nitrogens with two attached hydrogens (primary N) is 1. The molecule has 2 heterocycles. The summed E-state index contributed by atoms with van der Waals surface area (Å²) in [5.41, 5.74) is 4.42. The summed E-state index contributed by atoms with van der Waals surface area (Å²) >= 11 is 0. The van der Waals surface area contributed by atoms with Crippen LogP contribution in [0, 0.1) is 0 Å². The zero-order valence-electron chi connectivity index (χ0n) is 16.9. The summed E-state index contributed by atoms with van der Waals surface area (Å²) < 4.78 is 40.1. The van der Waals surface area contributed by atoms with Gasteiger partial charge < -0.3 is 15.6 Å². The molecule has 0 atom stereocenters. The lowest BCUT2D eigenvalue weighted by molar-refractivity contribution is -0.137. The molecule has 0 spiro atoms. The third-order valence-electron chi connectivity index (χ3n) is 4.87. The van der Waals surface area contributed by atoms with Gasteiger partial charge in [-0.3, -0.25) is 4.79 Å². The number of hydrogen-bond acceptors (Lipinski definition) is 6. The van der Waals surface area contributed by atoms with Crippen LogP contribution in [0.5, 0.6) is 0 Å². The second kappa shape index (κ2) is 7.52. The predicted molar refractivity (Wildman–Crippen MR) is 115 cm³/mol. The molecule has 0 saturated heterocycles. The van der Waals surface area contributed by atoms with Crippen molar-refractivity contribution >= 4 is 22.5 Å². The van der Waals surface area contributed by atoms with Gasteiger partial charge in [0.2, 0.25) is 0 Å². The average Bonchev–Trinajstić information content (AvgIpc) is 2.74. The number of rotatable bonds is 3. The number of alkyl halides is 3. The van der Waals surface area contributed by atoms with Crippen LogP contribution in [-0.4, -0.2) is 33.6 Å². The van der Waals surface area contributed by atoms with Crippen molar-refractivity contribution in [3.05, 3.63) is 74.9 Å². The van der Waals surface area contributed by atoms with Gasteiger partial charge >= 0.3 is 11.9 Å². The molecular formula is C21H17F3N6O2. The maximum Gasteiger partial charge on any atom is 0.416 e. The first-order valence-electron chi connectivity index (χ1n) is 9.34. The summed E-state index contributed by atoms with van der Waals surface area (Å²) in [7, 11) is 3.76. The molecule has 8 nitrogen and oxygen atoms in total. The van der Waals surface area contributed by atoms with Crippen molar-refractivity contribution in [1.82, 2.24) is 19.5 Å². The van der Waals surface area contributed by atoms with E-state index in [1.807, 2.05) is 31.1 Å². The molecule has 0 bridgehead atoms. The molecule has 0 fully saturated rings. The van der Waals surface area contributed by atoms with Gasteiger partial charge in [-0.15, -0.1) is 0 Å². The Hall–Kier alpha value is -4.15. The zero-order chi connectivity index (χ0) is 23.2. The molecule has 4 rings (SSSR count). The van der Waals surface area contributed by atoms with Gasteiger partial charge in [0.05, 0.1) is 11.3 Å². The van der Waals surface area contributed by atoms with Crippen LogP contribution in [0.1, 0.15) is 5.56 Å². The first-order chi connectivity index (χ1) is 15.1. The van der Waals surface area contributed by atoms with E-state index in [1.54, 1.807) is 12.1 Å². The van der Waals surface area contributed by atoms with Crippen molar-refractivity contribution < 1.29 is 13.2 Å². The summed E-state index contributed by atoms with van der Waals surface area (Å²) in [5.74, 6) is -0.118. The highest BCUT2D eigenvalue weighted by Gasteiger charge is 2.31. The number of aromatic nitrogens is 4. The minimum atomic E-state index is -4.61. The number of H-pyrrole nitrogens is 1. The summed E-state index contributed by atoms with van der Waals surface area (Å²) in [6.45, 7) is 0. The Morgan fingerprint density at radius 1 is 1.00 bits per heavy atom. The highest BCUT2D eigenvalue weighted by atomic mass is 19.4. The summed E-state index contributed by atoms with van der Waals surface area (Å²) in [4.78, 5) is 37.6. The molecule has 32 heavy (non-hydrogen) atoms. The summed E-state index contributed by atoms with van der Waals surface area (Å²) in [5, 5.41) is 0. The number of fused-ring (bicyclic) bond motifs is 1. The number of anilines is 2. The lowest BCUT2D eigenvalue weighted by Crippen LogP contribution is -2.28. The van der Waals surface area contributed by atoms with Crippen molar-refractivity contribution in [3.8, 4) is 17.1 Å². The van der Waals surface area contributed by atoms with Crippen molar-refractivity contribution in [1.29, 1.82) is 0 Å². The molecule has 3 N–H and O–H groups in total. The Morgan fingerprint density at radius 3 is 2.31 bits per heavy atom. The van der Waals surface area contributed by atoms with Gasteiger partial charge in [-0.1, -0.05) is 6.07 Å². The Kier molecular flexibility index (Phi) is 4.96. The SMILES string of the molecule is CN(C)c1ccc(-c2nc3c(N)n(-c4cccc(C(F)(F)F)c4)c(=O)nc3c(=O)[nH]2)cc1. The number of halogens is 3. The van der Waals surface area contributed by atoms with E-state index in [9.17, 15) is 22.8 Å². The van der Waals surface area contributed by atoms with Gasteiger partial charge in [0.1, 0.15) is 17.2 Å². The second-order valence-electron chi connectivity index (χ2n) is 7.22. The third kappa shape index (κ3) is 3.68. The molecule has 4 aromatic rings. The van der Waals surface area contributed by atoms with Crippen molar-refractivity contribution in [2.24, 2.45) is 0 Å². The fourth-order valence-electron chi connectivity index (χ4n) is 3.23. The van der Waals surface area contributed by atoms with Gasteiger partial charge in [0, 0.05) is 25.3 Å². The smallest absolute Gasteiger partial charge is 0.383 e. The van der Waals surface area contributed by atoms with Crippen LogP contribution < -0.4 is 21.9 Å². The van der Waals surface area contributed by atoms with Crippen molar-refractivity contribution in [2.75, 3.05) is 24.7 Å². The number of aromatic amines is 1. The van der Waals surface area contributed by atoms with Gasteiger partial charge in [-0.2, -0.15) is 18.2 Å². The van der Waals surface area contributed by atoms with E-state index < -0.39 is 23.0 Å². The quantitative estimate of drug-likeness (QED) is 0.505. The number of nitrogens with one attached hydrogen (secondary N) is 1. The molecular weight excluding hydrogens is 425 g/mol. The van der Waals surface area contributed by atoms with E-state index in [0.29, 0.717) is 5.56 Å². The Labute approximate surface area is 178 Å². The number of hydrogen-bond donors (Lipinski definition) is 2. The Morgan fingerprint density at radius 2 is 1.69 bits per heavy atom. The van der Waals surface area contributed by atoms with Gasteiger partial charge in [0.15, 0.2) is 5.52 Å². The Balaban J connectivity index is 1.93. The van der Waals surface area contributed by atoms with Crippen LogP contribution in [-0.2, 0) is 6.18 Å². The van der Waals surface area contributed by atoms with E-state index in [2.05, 4.69) is 15.0 Å². The van der Waals surface area contributed by atoms with E-state index in [4.69, 9.17) is 5.73 Å². The van der Waals surface area contributed by atoms with Crippen LogP contribution in [0.4, 0.5) is 24.7 Å². The highest BCUT2D eigenvalue weighted by molar-refractivity contribution is 5.85. The molecule has 0 unspecified atom stereocenters. The minimum absolute atomic E-state index is 0.0996. The molecule has 2 aromatic carbocycles. The highest BCUT2D eigenvalue weighted by Crippen LogP contribution is 2.31. The maximum absolute atomic E-state index is 13.1. The minimum Gasteiger partial charge on any atom is -0.383 e. The molecule has 11 heteroatoms. The number of nitrogens with zero attached hydrogens (tertiary/aromatic N) is 4. The summed E-state index contributed by atoms with van der Waals surface area (Å²) in [6, 6.07) is 11.2. The molecule has 2 aromatic heterocycles. The van der Waals surface area contributed by atoms with Gasteiger partial charge in [-0.05, 0) is 42.5 Å². The molecule has 0 aliphatic heterocycles. The molecule has 0 amide bonds. The van der Waals surface area contributed by atoms with Crippen molar-refractivity contribution in [2.45, 2.75) is 6.18 Å². The average molecular weight is 442 g/mol. The van der Waals surface area contributed by atoms with Crippen LogP contribution >= 0.6 is 0 Å².